The van der Waals surface area contributed by atoms with Crippen molar-refractivity contribution >= 4 is 22.5 Å². The number of fused-ring (bicyclic) bond motifs is 1. The van der Waals surface area contributed by atoms with Gasteiger partial charge in [-0.25, -0.2) is 0 Å². The Morgan fingerprint density at radius 1 is 0.952 bits per heavy atom. The van der Waals surface area contributed by atoms with Crippen molar-refractivity contribution in [3.8, 4) is 0 Å². The summed E-state index contributed by atoms with van der Waals surface area (Å²) < 4.78 is 0. The first-order valence-electron chi connectivity index (χ1n) is 7.85. The van der Waals surface area contributed by atoms with Gasteiger partial charge in [0.2, 0.25) is 0 Å². The van der Waals surface area contributed by atoms with Crippen molar-refractivity contribution in [1.82, 2.24) is 4.90 Å². The van der Waals surface area contributed by atoms with Crippen LogP contribution in [0.4, 0.5) is 0 Å². The highest BCUT2D eigenvalue weighted by Gasteiger charge is 2.14. The lowest BCUT2D eigenvalue weighted by Crippen LogP contribution is -2.38. The zero-order valence-electron chi connectivity index (χ0n) is 13.9. The summed E-state index contributed by atoms with van der Waals surface area (Å²) in [6.45, 7) is 10.3. The van der Waals surface area contributed by atoms with Gasteiger partial charge in [-0.2, -0.15) is 0 Å². The predicted molar refractivity (Wildman–Crippen MR) is 96.4 cm³/mol. The van der Waals surface area contributed by atoms with Gasteiger partial charge < -0.3 is 0 Å². The second-order valence-electron chi connectivity index (χ2n) is 6.15. The molecule has 0 spiro atoms. The summed E-state index contributed by atoms with van der Waals surface area (Å²) >= 11 is 1.85. The van der Waals surface area contributed by atoms with Gasteiger partial charge >= 0.3 is 0 Å². The van der Waals surface area contributed by atoms with Crippen LogP contribution >= 0.6 is 11.8 Å². The lowest BCUT2D eigenvalue weighted by molar-refractivity contribution is 0.177. The van der Waals surface area contributed by atoms with Crippen molar-refractivity contribution in [3.63, 3.8) is 0 Å². The molecule has 0 saturated heterocycles. The normalized spacial score (nSPS) is 12.0. The van der Waals surface area contributed by atoms with Gasteiger partial charge in [0.25, 0.3) is 0 Å². The molecule has 0 atom stereocenters. The van der Waals surface area contributed by atoms with Crippen LogP contribution in [0.5, 0.6) is 0 Å². The van der Waals surface area contributed by atoms with E-state index in [0.29, 0.717) is 12.1 Å². The first-order valence-corrected chi connectivity index (χ1v) is 9.07. The summed E-state index contributed by atoms with van der Waals surface area (Å²) in [5.74, 6) is 0. The Bertz CT molecular complexity index is 576. The minimum atomic E-state index is 0.597. The van der Waals surface area contributed by atoms with E-state index in [1.54, 1.807) is 0 Å². The average molecular weight is 301 g/mol. The van der Waals surface area contributed by atoms with Crippen LogP contribution < -0.4 is 0 Å². The fourth-order valence-corrected chi connectivity index (χ4v) is 3.79. The second kappa shape index (κ2) is 7.33. The predicted octanol–water partition coefficient (Wildman–Crippen LogP) is 5.22. The number of rotatable bonds is 6. The quantitative estimate of drug-likeness (QED) is 0.673. The summed E-state index contributed by atoms with van der Waals surface area (Å²) in [6.07, 6.45) is 3.28. The molecule has 0 amide bonds. The van der Waals surface area contributed by atoms with Crippen molar-refractivity contribution in [3.05, 3.63) is 42.0 Å². The Hall–Kier alpha value is -0.990. The van der Waals surface area contributed by atoms with E-state index in [0.717, 1.165) is 13.0 Å². The molecule has 0 bridgehead atoms. The molecule has 0 heterocycles. The summed E-state index contributed by atoms with van der Waals surface area (Å²) in [4.78, 5) is 3.96. The van der Waals surface area contributed by atoms with Gasteiger partial charge in [-0.15, -0.1) is 11.8 Å². The van der Waals surface area contributed by atoms with Crippen LogP contribution in [-0.4, -0.2) is 29.8 Å². The topological polar surface area (TPSA) is 3.24 Å². The smallest absolute Gasteiger partial charge is 0.0150 e. The van der Waals surface area contributed by atoms with E-state index < -0.39 is 0 Å². The van der Waals surface area contributed by atoms with Gasteiger partial charge in [0.05, 0.1) is 0 Å². The zero-order chi connectivity index (χ0) is 15.4. The van der Waals surface area contributed by atoms with E-state index in [9.17, 15) is 0 Å². The highest BCUT2D eigenvalue weighted by atomic mass is 32.2. The van der Waals surface area contributed by atoms with Crippen molar-refractivity contribution in [2.75, 3.05) is 12.8 Å². The van der Waals surface area contributed by atoms with E-state index in [1.165, 1.54) is 21.2 Å². The Morgan fingerprint density at radius 2 is 1.57 bits per heavy atom. The van der Waals surface area contributed by atoms with Gasteiger partial charge in [-0.05, 0) is 62.8 Å². The highest BCUT2D eigenvalue weighted by Crippen LogP contribution is 2.29. The molecular formula is C19H27NS. The third-order valence-electron chi connectivity index (χ3n) is 4.14. The summed E-state index contributed by atoms with van der Waals surface area (Å²) in [6, 6.07) is 14.5. The molecule has 0 saturated carbocycles. The molecule has 1 nitrogen and oxygen atoms in total. The molecule has 0 radical (unpaired) electrons. The Kier molecular flexibility index (Phi) is 5.72. The average Bonchev–Trinajstić information content (AvgIpc) is 2.46. The number of hydrogen-bond acceptors (Lipinski definition) is 2. The minimum Gasteiger partial charge on any atom is -0.298 e. The molecular weight excluding hydrogens is 274 g/mol. The fourth-order valence-electron chi connectivity index (χ4n) is 3.12. The summed E-state index contributed by atoms with van der Waals surface area (Å²) in [5, 5.41) is 2.81. The maximum atomic E-state index is 2.57. The SMILES string of the molecule is CSc1cccc2cccc(CCN(C(C)C)C(C)C)c12. The molecule has 0 aliphatic rings. The zero-order valence-corrected chi connectivity index (χ0v) is 14.7. The van der Waals surface area contributed by atoms with E-state index in [4.69, 9.17) is 0 Å². The molecule has 2 heteroatoms. The number of hydrogen-bond donors (Lipinski definition) is 0. The molecule has 0 unspecified atom stereocenters. The third-order valence-corrected chi connectivity index (χ3v) is 4.92. The highest BCUT2D eigenvalue weighted by molar-refractivity contribution is 7.98. The van der Waals surface area contributed by atoms with Crippen LogP contribution in [-0.2, 0) is 6.42 Å². The molecule has 0 aliphatic heterocycles. The number of nitrogens with zero attached hydrogens (tertiary/aromatic N) is 1. The molecule has 114 valence electrons. The molecule has 2 rings (SSSR count). The van der Waals surface area contributed by atoms with Crippen LogP contribution in [0, 0.1) is 0 Å². The van der Waals surface area contributed by atoms with E-state index in [-0.39, 0.29) is 0 Å². The van der Waals surface area contributed by atoms with Gasteiger partial charge in [-0.1, -0.05) is 30.3 Å². The van der Waals surface area contributed by atoms with Crippen molar-refractivity contribution in [1.29, 1.82) is 0 Å². The van der Waals surface area contributed by atoms with Gasteiger partial charge in [0.15, 0.2) is 0 Å². The van der Waals surface area contributed by atoms with E-state index in [2.05, 4.69) is 75.2 Å². The Morgan fingerprint density at radius 3 is 2.14 bits per heavy atom. The molecule has 0 N–H and O–H groups in total. The second-order valence-corrected chi connectivity index (χ2v) is 7.00. The van der Waals surface area contributed by atoms with Crippen LogP contribution in [0.25, 0.3) is 10.8 Å². The molecule has 0 aliphatic carbocycles. The molecule has 0 aromatic heterocycles. The van der Waals surface area contributed by atoms with Crippen molar-refractivity contribution in [2.45, 2.75) is 51.1 Å². The Balaban J connectivity index is 2.30. The van der Waals surface area contributed by atoms with Gasteiger partial charge in [0, 0.05) is 23.5 Å². The molecule has 0 fully saturated rings. The van der Waals surface area contributed by atoms with Crippen LogP contribution in [0.3, 0.4) is 0 Å². The molecule has 2 aromatic rings. The van der Waals surface area contributed by atoms with Crippen molar-refractivity contribution in [2.24, 2.45) is 0 Å². The van der Waals surface area contributed by atoms with Gasteiger partial charge in [0.1, 0.15) is 0 Å². The lowest BCUT2D eigenvalue weighted by atomic mass is 10.0. The van der Waals surface area contributed by atoms with Gasteiger partial charge in [-0.3, -0.25) is 4.90 Å². The van der Waals surface area contributed by atoms with Crippen LogP contribution in [0.15, 0.2) is 41.3 Å². The number of benzene rings is 2. The largest absolute Gasteiger partial charge is 0.298 e. The maximum absolute atomic E-state index is 2.57. The van der Waals surface area contributed by atoms with Crippen molar-refractivity contribution < 1.29 is 0 Å². The first kappa shape index (κ1) is 16.4. The molecule has 21 heavy (non-hydrogen) atoms. The monoisotopic (exact) mass is 301 g/mol. The van der Waals surface area contributed by atoms with Crippen LogP contribution in [0.2, 0.25) is 0 Å². The number of thioether (sulfide) groups is 1. The molecule has 2 aromatic carbocycles. The summed E-state index contributed by atoms with van der Waals surface area (Å²) in [5.41, 5.74) is 1.48. The fraction of sp³-hybridized carbons (Fsp3) is 0.474. The van der Waals surface area contributed by atoms with Crippen LogP contribution in [0.1, 0.15) is 33.3 Å². The standard InChI is InChI=1S/C19H27NS/c1-14(2)20(15(3)4)13-12-17-9-6-8-16-10-7-11-18(21-5)19(16)17/h6-11,14-15H,12-13H2,1-5H3. The first-order chi connectivity index (χ1) is 10.0. The van der Waals surface area contributed by atoms with E-state index >= 15 is 0 Å². The minimum absolute atomic E-state index is 0.597. The Labute approximate surface area is 133 Å². The summed E-state index contributed by atoms with van der Waals surface area (Å²) in [7, 11) is 0. The van der Waals surface area contributed by atoms with E-state index in [1.807, 2.05) is 11.8 Å². The third kappa shape index (κ3) is 3.81. The lowest BCUT2D eigenvalue weighted by Gasteiger charge is -2.30. The maximum Gasteiger partial charge on any atom is 0.0150 e.